The second-order valence-electron chi connectivity index (χ2n) is 9.15. The van der Waals surface area contributed by atoms with Crippen LogP contribution in [0.2, 0.25) is 0 Å². The minimum Gasteiger partial charge on any atom is -0.760 e. The number of hydrogen-bond acceptors (Lipinski definition) is 6. The number of piperidine rings is 1. The van der Waals surface area contributed by atoms with Gasteiger partial charge in [-0.1, -0.05) is 42.5 Å². The fourth-order valence-electron chi connectivity index (χ4n) is 4.54. The molecule has 3 unspecified atom stereocenters. The Bertz CT molecular complexity index is 1040. The van der Waals surface area contributed by atoms with Crippen molar-refractivity contribution in [1.29, 1.82) is 0 Å². The van der Waals surface area contributed by atoms with Gasteiger partial charge in [0.1, 0.15) is 6.67 Å². The maximum atomic E-state index is 12.2. The van der Waals surface area contributed by atoms with Crippen LogP contribution in [0, 0.1) is 5.92 Å². The number of rotatable bonds is 12. The van der Waals surface area contributed by atoms with Gasteiger partial charge in [-0.2, -0.15) is 0 Å². The molecule has 0 radical (unpaired) electrons. The second kappa shape index (κ2) is 13.8. The fraction of sp³-hybridized carbons (Fsp3) is 0.520. The van der Waals surface area contributed by atoms with Crippen molar-refractivity contribution in [2.45, 2.75) is 31.9 Å². The molecule has 0 saturated carbocycles. The minimum atomic E-state index is -2.58. The number of aliphatic hydroxyl groups excluding tert-OH is 1. The highest BCUT2D eigenvalue weighted by Gasteiger charge is 2.26. The highest BCUT2D eigenvalue weighted by Crippen LogP contribution is 2.31. The number of aliphatic hydroxyl groups is 1. The molecule has 2 aromatic carbocycles. The van der Waals surface area contributed by atoms with Gasteiger partial charge in [-0.05, 0) is 55.1 Å². The predicted molar refractivity (Wildman–Crippen MR) is 135 cm³/mol. The predicted octanol–water partition coefficient (Wildman–Crippen LogP) is 1.27. The van der Waals surface area contributed by atoms with Gasteiger partial charge in [-0.25, -0.2) is 8.70 Å². The summed E-state index contributed by atoms with van der Waals surface area (Å²) in [7, 11) is 0. The molecule has 1 aliphatic heterocycles. The van der Waals surface area contributed by atoms with Gasteiger partial charge in [-0.3, -0.25) is 18.7 Å². The average molecular weight is 522 g/mol. The van der Waals surface area contributed by atoms with Crippen LogP contribution in [0.4, 0.5) is 4.39 Å². The van der Waals surface area contributed by atoms with Gasteiger partial charge < -0.3 is 20.3 Å². The topological polar surface area (TPSA) is 125 Å². The zero-order valence-corrected chi connectivity index (χ0v) is 21.2. The van der Waals surface area contributed by atoms with E-state index in [1.165, 1.54) is 16.3 Å². The highest BCUT2D eigenvalue weighted by molar-refractivity contribution is 7.76. The first-order valence-corrected chi connectivity index (χ1v) is 13.1. The third kappa shape index (κ3) is 8.04. The Hall–Kier alpha value is -2.44. The van der Waals surface area contributed by atoms with Crippen LogP contribution in [0.3, 0.4) is 0 Å². The van der Waals surface area contributed by atoms with Gasteiger partial charge in [0.15, 0.2) is 0 Å². The monoisotopic (exact) mass is 521 g/mol. The standard InChI is InChI=1S/C25H35FN4O5S/c1-18(22-8-4-6-20-5-2-3-7-23(20)22)29-11-9-19(10-12-29)16-30(36(34)35)17-25(33)28-15-24(32)27-14-21(31)13-26/h2-8,18-19,21,31H,9-17H2,1H3,(H,27,32)(H,28,33)(H,34,35)/p-1. The summed E-state index contributed by atoms with van der Waals surface area (Å²) in [5, 5.41) is 16.2. The largest absolute Gasteiger partial charge is 0.760 e. The summed E-state index contributed by atoms with van der Waals surface area (Å²) in [4.78, 5) is 26.3. The van der Waals surface area contributed by atoms with E-state index in [9.17, 15) is 22.7 Å². The Balaban J connectivity index is 1.47. The van der Waals surface area contributed by atoms with Crippen LogP contribution in [-0.4, -0.2) is 86.9 Å². The lowest BCUT2D eigenvalue weighted by atomic mass is 9.93. The summed E-state index contributed by atoms with van der Waals surface area (Å²) < 4.78 is 36.8. The van der Waals surface area contributed by atoms with E-state index in [1.54, 1.807) is 0 Å². The van der Waals surface area contributed by atoms with E-state index in [0.717, 1.165) is 30.2 Å². The van der Waals surface area contributed by atoms with Gasteiger partial charge in [0.05, 0.1) is 19.2 Å². The number of halogens is 1. The molecule has 36 heavy (non-hydrogen) atoms. The van der Waals surface area contributed by atoms with Crippen molar-refractivity contribution in [1.82, 2.24) is 19.8 Å². The molecule has 11 heteroatoms. The molecule has 9 nitrogen and oxygen atoms in total. The molecule has 0 aromatic heterocycles. The van der Waals surface area contributed by atoms with E-state index >= 15 is 0 Å². The molecular weight excluding hydrogens is 487 g/mol. The Morgan fingerprint density at radius 3 is 2.56 bits per heavy atom. The van der Waals surface area contributed by atoms with Gasteiger partial charge in [-0.15, -0.1) is 0 Å². The molecule has 0 aliphatic carbocycles. The normalized spacial score (nSPS) is 17.6. The molecule has 3 rings (SSSR count). The lowest BCUT2D eigenvalue weighted by Crippen LogP contribution is -2.46. The smallest absolute Gasteiger partial charge is 0.239 e. The van der Waals surface area contributed by atoms with Crippen LogP contribution in [-0.2, 0) is 20.9 Å². The average Bonchev–Trinajstić information content (AvgIpc) is 2.89. The molecule has 1 heterocycles. The Labute approximate surface area is 213 Å². The van der Waals surface area contributed by atoms with E-state index < -0.39 is 35.9 Å². The van der Waals surface area contributed by atoms with Crippen LogP contribution in [0.5, 0.6) is 0 Å². The molecule has 3 atom stereocenters. The number of likely N-dealkylation sites (tertiary alicyclic amines) is 1. The van der Waals surface area contributed by atoms with E-state index in [0.29, 0.717) is 0 Å². The number of carbonyl (C=O) groups excluding carboxylic acids is 2. The van der Waals surface area contributed by atoms with Crippen molar-refractivity contribution >= 4 is 33.9 Å². The number of hydrogen-bond donors (Lipinski definition) is 3. The number of benzene rings is 2. The van der Waals surface area contributed by atoms with Crippen LogP contribution < -0.4 is 10.6 Å². The number of nitrogens with one attached hydrogen (secondary N) is 2. The first-order chi connectivity index (χ1) is 17.3. The van der Waals surface area contributed by atoms with Crippen molar-refractivity contribution in [3.05, 3.63) is 48.0 Å². The maximum absolute atomic E-state index is 12.2. The molecule has 1 fully saturated rings. The molecule has 3 N–H and O–H groups in total. The van der Waals surface area contributed by atoms with Crippen molar-refractivity contribution in [3.63, 3.8) is 0 Å². The van der Waals surface area contributed by atoms with Gasteiger partial charge >= 0.3 is 0 Å². The summed E-state index contributed by atoms with van der Waals surface area (Å²) >= 11 is -2.58. The molecule has 0 spiro atoms. The van der Waals surface area contributed by atoms with Crippen molar-refractivity contribution < 1.29 is 27.8 Å². The summed E-state index contributed by atoms with van der Waals surface area (Å²) in [6, 6.07) is 14.9. The molecule has 0 bridgehead atoms. The zero-order chi connectivity index (χ0) is 26.1. The minimum absolute atomic E-state index is 0.122. The summed E-state index contributed by atoms with van der Waals surface area (Å²) in [5.41, 5.74) is 1.27. The first kappa shape index (κ1) is 28.1. The lowest BCUT2D eigenvalue weighted by molar-refractivity contribution is -0.126. The van der Waals surface area contributed by atoms with Crippen molar-refractivity contribution in [3.8, 4) is 0 Å². The Morgan fingerprint density at radius 1 is 1.17 bits per heavy atom. The van der Waals surface area contributed by atoms with Crippen LogP contribution in [0.1, 0.15) is 31.4 Å². The van der Waals surface area contributed by atoms with Gasteiger partial charge in [0, 0.05) is 30.4 Å². The van der Waals surface area contributed by atoms with Crippen LogP contribution >= 0.6 is 0 Å². The number of amides is 2. The quantitative estimate of drug-likeness (QED) is 0.362. The molecular formula is C25H34FN4O5S-. The van der Waals surface area contributed by atoms with Gasteiger partial charge in [0.25, 0.3) is 0 Å². The van der Waals surface area contributed by atoms with E-state index in [2.05, 4.69) is 52.8 Å². The third-order valence-corrected chi connectivity index (χ3v) is 7.32. The number of carbonyl (C=O) groups is 2. The summed E-state index contributed by atoms with van der Waals surface area (Å²) in [6.07, 6.45) is 0.317. The first-order valence-electron chi connectivity index (χ1n) is 12.1. The third-order valence-electron chi connectivity index (χ3n) is 6.62. The van der Waals surface area contributed by atoms with Crippen molar-refractivity contribution in [2.24, 2.45) is 5.92 Å². The number of nitrogens with zero attached hydrogens (tertiary/aromatic N) is 2. The van der Waals surface area contributed by atoms with Crippen LogP contribution in [0.25, 0.3) is 10.8 Å². The summed E-state index contributed by atoms with van der Waals surface area (Å²) in [6.45, 7) is 2.05. The second-order valence-corrected chi connectivity index (χ2v) is 10.1. The molecule has 1 saturated heterocycles. The van der Waals surface area contributed by atoms with E-state index in [-0.39, 0.29) is 38.1 Å². The van der Waals surface area contributed by atoms with Crippen molar-refractivity contribution in [2.75, 3.05) is 45.9 Å². The zero-order valence-electron chi connectivity index (χ0n) is 20.4. The number of alkyl halides is 1. The Morgan fingerprint density at radius 2 is 1.86 bits per heavy atom. The van der Waals surface area contributed by atoms with E-state index in [1.807, 2.05) is 12.1 Å². The lowest BCUT2D eigenvalue weighted by Gasteiger charge is -2.38. The van der Waals surface area contributed by atoms with E-state index in [4.69, 9.17) is 5.11 Å². The molecule has 2 amide bonds. The Kier molecular flexibility index (Phi) is 10.7. The molecule has 2 aromatic rings. The SMILES string of the molecule is CC(c1cccc2ccccc12)N1CCC(CN(CC(=O)NCC(=O)NCC(O)CF)S(=O)[O-])CC1. The summed E-state index contributed by atoms with van der Waals surface area (Å²) in [5.74, 6) is -1.09. The number of fused-ring (bicyclic) bond motifs is 1. The van der Waals surface area contributed by atoms with Gasteiger partial charge in [0.2, 0.25) is 11.8 Å². The maximum Gasteiger partial charge on any atom is 0.239 e. The molecule has 198 valence electrons. The fourth-order valence-corrected chi connectivity index (χ4v) is 5.10. The molecule has 1 aliphatic rings. The van der Waals surface area contributed by atoms with Crippen LogP contribution in [0.15, 0.2) is 42.5 Å². The highest BCUT2D eigenvalue weighted by atomic mass is 32.2.